The van der Waals surface area contributed by atoms with Gasteiger partial charge in [0.15, 0.2) is 0 Å². The van der Waals surface area contributed by atoms with E-state index >= 15 is 0 Å². The highest BCUT2D eigenvalue weighted by atomic mass is 16.3. The van der Waals surface area contributed by atoms with E-state index in [4.69, 9.17) is 8.83 Å². The lowest BCUT2D eigenvalue weighted by molar-refractivity contribution is 0.668. The van der Waals surface area contributed by atoms with Gasteiger partial charge in [-0.1, -0.05) is 133 Å². The average molecular weight is 845 g/mol. The van der Waals surface area contributed by atoms with Gasteiger partial charge in [-0.15, -0.1) is 0 Å². The number of rotatable bonds is 8. The summed E-state index contributed by atoms with van der Waals surface area (Å²) >= 11 is 0. The van der Waals surface area contributed by atoms with Crippen LogP contribution in [0.5, 0.6) is 0 Å². The van der Waals surface area contributed by atoms with Crippen molar-refractivity contribution in [3.63, 3.8) is 0 Å². The molecule has 0 amide bonds. The van der Waals surface area contributed by atoms with Crippen LogP contribution in [0.25, 0.3) is 87.7 Å². The number of anilines is 6. The third-order valence-electron chi connectivity index (χ3n) is 13.0. The van der Waals surface area contributed by atoms with Crippen molar-refractivity contribution in [2.45, 2.75) is 0 Å². The Morgan fingerprint density at radius 2 is 0.727 bits per heavy atom. The minimum atomic E-state index is 0.840. The summed E-state index contributed by atoms with van der Waals surface area (Å²) in [5.74, 6) is 0. The van der Waals surface area contributed by atoms with Crippen LogP contribution in [0.15, 0.2) is 251 Å². The minimum absolute atomic E-state index is 0.840. The topological polar surface area (TPSA) is 32.8 Å². The average Bonchev–Trinajstić information content (AvgIpc) is 3.94. The predicted octanol–water partition coefficient (Wildman–Crippen LogP) is 18.1. The van der Waals surface area contributed by atoms with Crippen LogP contribution in [0.4, 0.5) is 34.1 Å². The van der Waals surface area contributed by atoms with Crippen molar-refractivity contribution >= 4 is 99.5 Å². The van der Waals surface area contributed by atoms with Gasteiger partial charge in [-0.2, -0.15) is 0 Å². The monoisotopic (exact) mass is 844 g/mol. The van der Waals surface area contributed by atoms with E-state index in [0.29, 0.717) is 0 Å². The molecule has 0 aliphatic rings. The Bertz CT molecular complexity index is 3940. The van der Waals surface area contributed by atoms with E-state index in [1.165, 1.54) is 21.5 Å². The molecule has 0 saturated heterocycles. The first-order chi connectivity index (χ1) is 32.7. The van der Waals surface area contributed by atoms with Gasteiger partial charge in [0, 0.05) is 61.4 Å². The molecule has 11 aromatic carbocycles. The fourth-order valence-corrected chi connectivity index (χ4v) is 9.77. The summed E-state index contributed by atoms with van der Waals surface area (Å²) in [5.41, 5.74) is 14.5. The molecular weight excluding hydrogens is 805 g/mol. The maximum absolute atomic E-state index is 6.77. The lowest BCUT2D eigenvalue weighted by Crippen LogP contribution is -2.10. The quantitative estimate of drug-likeness (QED) is 0.153. The van der Waals surface area contributed by atoms with Gasteiger partial charge in [0.25, 0.3) is 0 Å². The molecule has 310 valence electrons. The molecule has 2 heterocycles. The summed E-state index contributed by atoms with van der Waals surface area (Å²) < 4.78 is 12.9. The van der Waals surface area contributed by atoms with Gasteiger partial charge >= 0.3 is 0 Å². The van der Waals surface area contributed by atoms with Crippen LogP contribution >= 0.6 is 0 Å². The summed E-state index contributed by atoms with van der Waals surface area (Å²) in [6.45, 7) is 0. The number of hydrogen-bond donors (Lipinski definition) is 0. The molecular formula is C62H40N2O2. The number of nitrogens with zero attached hydrogens (tertiary/aromatic N) is 2. The summed E-state index contributed by atoms with van der Waals surface area (Å²) in [5, 5.41) is 9.20. The molecule has 0 fully saturated rings. The normalized spacial score (nSPS) is 11.6. The van der Waals surface area contributed by atoms with E-state index in [-0.39, 0.29) is 0 Å². The van der Waals surface area contributed by atoms with E-state index in [2.05, 4.69) is 240 Å². The molecule has 0 saturated carbocycles. The molecule has 0 N–H and O–H groups in total. The molecule has 0 aliphatic heterocycles. The van der Waals surface area contributed by atoms with Gasteiger partial charge in [0.2, 0.25) is 0 Å². The van der Waals surface area contributed by atoms with Gasteiger partial charge in [-0.25, -0.2) is 0 Å². The van der Waals surface area contributed by atoms with E-state index in [0.717, 1.165) is 100 Å². The van der Waals surface area contributed by atoms with Crippen LogP contribution in [0.2, 0.25) is 0 Å². The van der Waals surface area contributed by atoms with Gasteiger partial charge < -0.3 is 18.6 Å². The zero-order valence-electron chi connectivity index (χ0n) is 35.8. The summed E-state index contributed by atoms with van der Waals surface area (Å²) in [6, 6.07) is 86.4. The Balaban J connectivity index is 0.863. The second-order valence-electron chi connectivity index (χ2n) is 16.9. The van der Waals surface area contributed by atoms with Crippen molar-refractivity contribution in [2.75, 3.05) is 9.80 Å². The molecule has 0 aliphatic carbocycles. The predicted molar refractivity (Wildman–Crippen MR) is 276 cm³/mol. The first-order valence-electron chi connectivity index (χ1n) is 22.4. The number of furan rings is 2. The molecule has 4 nitrogen and oxygen atoms in total. The summed E-state index contributed by atoms with van der Waals surface area (Å²) in [4.78, 5) is 4.66. The van der Waals surface area contributed by atoms with Gasteiger partial charge in [-0.05, 0) is 142 Å². The van der Waals surface area contributed by atoms with Gasteiger partial charge in [0.1, 0.15) is 22.3 Å². The number of para-hydroxylation sites is 3. The Hall–Kier alpha value is -8.86. The highest BCUT2D eigenvalue weighted by Crippen LogP contribution is 2.43. The molecule has 0 spiro atoms. The van der Waals surface area contributed by atoms with Gasteiger partial charge in [-0.3, -0.25) is 0 Å². The van der Waals surface area contributed by atoms with Crippen molar-refractivity contribution in [2.24, 2.45) is 0 Å². The van der Waals surface area contributed by atoms with Crippen LogP contribution in [-0.4, -0.2) is 0 Å². The maximum Gasteiger partial charge on any atom is 0.137 e. The fraction of sp³-hybridized carbons (Fsp3) is 0. The minimum Gasteiger partial charge on any atom is -0.456 e. The fourth-order valence-electron chi connectivity index (χ4n) is 9.77. The smallest absolute Gasteiger partial charge is 0.137 e. The highest BCUT2D eigenvalue weighted by molar-refractivity contribution is 6.09. The standard InChI is InChI=1S/C62H40N2O2/c1-3-15-48(16-4-1)63(50-29-24-42(25-30-50)45-28-35-60-57(38-45)53-19-9-10-21-59(53)65-60)52-32-34-55-54-33-27-47(39-61(54)66-62(55)40-52)46-23-22-43-14-11-20-58(56(43)37-46)64(49-17-5-2-6-18-49)51-31-26-41-12-7-8-13-44(41)36-51/h1-40H. The van der Waals surface area contributed by atoms with Crippen LogP contribution < -0.4 is 9.80 Å². The van der Waals surface area contributed by atoms with Crippen molar-refractivity contribution in [1.82, 2.24) is 0 Å². The largest absolute Gasteiger partial charge is 0.456 e. The zero-order valence-corrected chi connectivity index (χ0v) is 35.8. The molecule has 4 heteroatoms. The lowest BCUT2D eigenvalue weighted by atomic mass is 9.98. The maximum atomic E-state index is 6.77. The van der Waals surface area contributed by atoms with E-state index in [1.54, 1.807) is 0 Å². The highest BCUT2D eigenvalue weighted by Gasteiger charge is 2.19. The molecule has 0 radical (unpaired) electrons. The molecule has 0 unspecified atom stereocenters. The van der Waals surface area contributed by atoms with Gasteiger partial charge in [0.05, 0.1) is 5.69 Å². The Labute approximate surface area is 381 Å². The van der Waals surface area contributed by atoms with Crippen molar-refractivity contribution in [3.8, 4) is 22.3 Å². The van der Waals surface area contributed by atoms with E-state index in [1.807, 2.05) is 12.1 Å². The second kappa shape index (κ2) is 15.4. The molecule has 66 heavy (non-hydrogen) atoms. The van der Waals surface area contributed by atoms with Crippen LogP contribution in [0.1, 0.15) is 0 Å². The first-order valence-corrected chi connectivity index (χ1v) is 22.4. The number of benzene rings is 11. The Kier molecular flexibility index (Phi) is 8.81. The van der Waals surface area contributed by atoms with E-state index in [9.17, 15) is 0 Å². The number of hydrogen-bond acceptors (Lipinski definition) is 4. The number of fused-ring (bicyclic) bond motifs is 8. The Morgan fingerprint density at radius 1 is 0.227 bits per heavy atom. The van der Waals surface area contributed by atoms with Crippen LogP contribution in [-0.2, 0) is 0 Å². The third-order valence-corrected chi connectivity index (χ3v) is 13.0. The second-order valence-corrected chi connectivity index (χ2v) is 16.9. The first kappa shape index (κ1) is 37.7. The molecule has 13 aromatic rings. The summed E-state index contributed by atoms with van der Waals surface area (Å²) in [7, 11) is 0. The Morgan fingerprint density at radius 3 is 1.56 bits per heavy atom. The van der Waals surface area contributed by atoms with Crippen molar-refractivity contribution < 1.29 is 8.83 Å². The molecule has 2 aromatic heterocycles. The van der Waals surface area contributed by atoms with E-state index < -0.39 is 0 Å². The van der Waals surface area contributed by atoms with Crippen LogP contribution in [0.3, 0.4) is 0 Å². The van der Waals surface area contributed by atoms with Crippen LogP contribution in [0, 0.1) is 0 Å². The molecule has 13 rings (SSSR count). The molecule has 0 bridgehead atoms. The zero-order chi connectivity index (χ0) is 43.6. The molecule has 0 atom stereocenters. The SMILES string of the molecule is c1ccc(N(c2ccc(-c3ccc4oc5ccccc5c4c3)cc2)c2ccc3c(c2)oc2cc(-c4ccc5cccc(N(c6ccccc6)c6ccc7ccccc7c6)c5c4)ccc23)cc1. The summed E-state index contributed by atoms with van der Waals surface area (Å²) in [6.07, 6.45) is 0. The van der Waals surface area contributed by atoms with Crippen molar-refractivity contribution in [1.29, 1.82) is 0 Å². The third kappa shape index (κ3) is 6.46. The lowest BCUT2D eigenvalue weighted by Gasteiger charge is -2.27. The van der Waals surface area contributed by atoms with Crippen molar-refractivity contribution in [3.05, 3.63) is 243 Å².